The van der Waals surface area contributed by atoms with Crippen LogP contribution in [-0.2, 0) is 0 Å². The molecule has 37 heavy (non-hydrogen) atoms. The second-order valence-electron chi connectivity index (χ2n) is 9.56. The third kappa shape index (κ3) is 5.38. The van der Waals surface area contributed by atoms with Gasteiger partial charge in [-0.3, -0.25) is 0 Å². The highest BCUT2D eigenvalue weighted by Crippen LogP contribution is 2.50. The predicted octanol–water partition coefficient (Wildman–Crippen LogP) is 7.30. The summed E-state index contributed by atoms with van der Waals surface area (Å²) in [6.07, 6.45) is 6.55. The summed E-state index contributed by atoms with van der Waals surface area (Å²) < 4.78 is 23.6. The summed E-state index contributed by atoms with van der Waals surface area (Å²) in [6.45, 7) is 2.98. The molecule has 0 radical (unpaired) electrons. The van der Waals surface area contributed by atoms with E-state index in [1.165, 1.54) is 25.7 Å². The molecule has 2 heterocycles. The fourth-order valence-electron chi connectivity index (χ4n) is 5.05. The van der Waals surface area contributed by atoms with E-state index < -0.39 is 0 Å². The van der Waals surface area contributed by atoms with Crippen molar-refractivity contribution < 1.29 is 18.9 Å². The summed E-state index contributed by atoms with van der Waals surface area (Å²) in [7, 11) is 3.36. The van der Waals surface area contributed by atoms with Gasteiger partial charge in [-0.1, -0.05) is 44.7 Å². The Labute approximate surface area is 219 Å². The van der Waals surface area contributed by atoms with Crippen LogP contribution in [0.3, 0.4) is 0 Å². The minimum absolute atomic E-state index is 0.0556. The molecule has 0 spiro atoms. The molecule has 194 valence electrons. The van der Waals surface area contributed by atoms with E-state index in [1.807, 2.05) is 36.4 Å². The quantitative estimate of drug-likeness (QED) is 0.259. The number of hydrogen-bond acceptors (Lipinski definition) is 6. The maximum atomic E-state index is 6.58. The lowest BCUT2D eigenvalue weighted by atomic mass is 9.95. The third-order valence-electron chi connectivity index (χ3n) is 7.11. The maximum Gasteiger partial charge on any atom is 0.214 e. The Morgan fingerprint density at radius 3 is 2.35 bits per heavy atom. The van der Waals surface area contributed by atoms with Crippen molar-refractivity contribution in [1.29, 1.82) is 0 Å². The van der Waals surface area contributed by atoms with Crippen LogP contribution in [0.4, 0.5) is 0 Å². The number of rotatable bonds is 11. The van der Waals surface area contributed by atoms with Gasteiger partial charge in [0, 0.05) is 17.5 Å². The van der Waals surface area contributed by atoms with Crippen molar-refractivity contribution in [2.24, 2.45) is 5.10 Å². The van der Waals surface area contributed by atoms with Gasteiger partial charge in [0.2, 0.25) is 6.23 Å². The highest BCUT2D eigenvalue weighted by molar-refractivity contribution is 6.02. The van der Waals surface area contributed by atoms with Crippen LogP contribution < -0.4 is 18.9 Å². The molecule has 0 fully saturated rings. The summed E-state index contributed by atoms with van der Waals surface area (Å²) >= 11 is 0. The fraction of sp³-hybridized carbons (Fsp3) is 0.387. The molecule has 5 rings (SSSR count). The molecule has 3 aromatic carbocycles. The van der Waals surface area contributed by atoms with Gasteiger partial charge in [0.1, 0.15) is 11.5 Å². The topological polar surface area (TPSA) is 52.5 Å². The lowest BCUT2D eigenvalue weighted by Gasteiger charge is -2.38. The Morgan fingerprint density at radius 2 is 1.62 bits per heavy atom. The minimum atomic E-state index is -0.368. The Hall–Kier alpha value is -3.67. The Balaban J connectivity index is 1.38. The smallest absolute Gasteiger partial charge is 0.214 e. The number of benzene rings is 3. The zero-order valence-corrected chi connectivity index (χ0v) is 22.0. The molecular formula is C31H36N2O4. The van der Waals surface area contributed by atoms with Crippen molar-refractivity contribution in [2.45, 2.75) is 57.7 Å². The first-order valence-corrected chi connectivity index (χ1v) is 13.3. The van der Waals surface area contributed by atoms with Gasteiger partial charge in [0.25, 0.3) is 0 Å². The maximum absolute atomic E-state index is 6.58. The SMILES string of the molecule is CCCCCCCOc1ccc([C@H]2Oc3c(OC)cccc3[C@H]3CC(c4ccc(OC)cc4)=NN32)cc1. The summed E-state index contributed by atoms with van der Waals surface area (Å²) in [5.74, 6) is 3.24. The van der Waals surface area contributed by atoms with Crippen LogP contribution in [0.5, 0.6) is 23.0 Å². The predicted molar refractivity (Wildman–Crippen MR) is 146 cm³/mol. The Morgan fingerprint density at radius 1 is 0.865 bits per heavy atom. The van der Waals surface area contributed by atoms with Crippen LogP contribution in [-0.4, -0.2) is 31.5 Å². The zero-order valence-electron chi connectivity index (χ0n) is 22.0. The summed E-state index contributed by atoms with van der Waals surface area (Å²) in [5, 5.41) is 7.16. The van der Waals surface area contributed by atoms with E-state index in [1.54, 1.807) is 14.2 Å². The zero-order chi connectivity index (χ0) is 25.6. The lowest BCUT2D eigenvalue weighted by molar-refractivity contribution is -0.0209. The second kappa shape index (κ2) is 11.6. The van der Waals surface area contributed by atoms with Gasteiger partial charge in [-0.05, 0) is 66.6 Å². The van der Waals surface area contributed by atoms with Gasteiger partial charge < -0.3 is 18.9 Å². The molecule has 0 saturated carbocycles. The van der Waals surface area contributed by atoms with Crippen molar-refractivity contribution in [2.75, 3.05) is 20.8 Å². The molecule has 0 aliphatic carbocycles. The minimum Gasteiger partial charge on any atom is -0.497 e. The number of ether oxygens (including phenoxy) is 4. The van der Waals surface area contributed by atoms with Crippen LogP contribution >= 0.6 is 0 Å². The van der Waals surface area contributed by atoms with E-state index in [2.05, 4.69) is 42.3 Å². The molecule has 0 amide bonds. The van der Waals surface area contributed by atoms with Crippen LogP contribution in [0.1, 0.15) is 74.4 Å². The van der Waals surface area contributed by atoms with E-state index in [0.717, 1.165) is 64.8 Å². The summed E-state index contributed by atoms with van der Waals surface area (Å²) in [5.41, 5.74) is 4.23. The van der Waals surface area contributed by atoms with Crippen LogP contribution in [0.25, 0.3) is 0 Å². The molecule has 3 aromatic rings. The van der Waals surface area contributed by atoms with Crippen molar-refractivity contribution >= 4 is 5.71 Å². The van der Waals surface area contributed by atoms with E-state index >= 15 is 0 Å². The molecule has 0 N–H and O–H groups in total. The van der Waals surface area contributed by atoms with Crippen molar-refractivity contribution in [3.63, 3.8) is 0 Å². The molecule has 6 nitrogen and oxygen atoms in total. The molecule has 2 atom stereocenters. The standard InChI is InChI=1S/C31H36N2O4/c1-4-5-6-7-8-20-36-25-18-14-23(15-19-25)31-33-28(26-10-9-11-29(35-3)30(26)37-31)21-27(32-33)22-12-16-24(34-2)17-13-22/h9-19,28,31H,4-8,20-21H2,1-3H3/t28-,31-/m1/s1. The van der Waals surface area contributed by atoms with E-state index in [4.69, 9.17) is 24.0 Å². The first-order chi connectivity index (χ1) is 18.2. The fourth-order valence-corrected chi connectivity index (χ4v) is 5.05. The van der Waals surface area contributed by atoms with E-state index in [-0.39, 0.29) is 12.3 Å². The number of unbranched alkanes of at least 4 members (excludes halogenated alkanes) is 4. The Kier molecular flexibility index (Phi) is 7.83. The number of methoxy groups -OCH3 is 2. The van der Waals surface area contributed by atoms with E-state index in [0.29, 0.717) is 0 Å². The van der Waals surface area contributed by atoms with Gasteiger partial charge >= 0.3 is 0 Å². The Bertz CT molecular complexity index is 1210. The molecular weight excluding hydrogens is 464 g/mol. The monoisotopic (exact) mass is 500 g/mol. The molecule has 2 aliphatic heterocycles. The van der Waals surface area contributed by atoms with Gasteiger partial charge in [0.15, 0.2) is 11.5 Å². The largest absolute Gasteiger partial charge is 0.497 e. The van der Waals surface area contributed by atoms with Gasteiger partial charge in [-0.25, -0.2) is 5.01 Å². The van der Waals surface area contributed by atoms with Gasteiger partial charge in [0.05, 0.1) is 32.6 Å². The van der Waals surface area contributed by atoms with Crippen molar-refractivity contribution in [3.8, 4) is 23.0 Å². The molecule has 6 heteroatoms. The highest BCUT2D eigenvalue weighted by atomic mass is 16.5. The molecule has 2 aliphatic rings. The van der Waals surface area contributed by atoms with Crippen molar-refractivity contribution in [3.05, 3.63) is 83.4 Å². The molecule has 0 bridgehead atoms. The lowest BCUT2D eigenvalue weighted by Crippen LogP contribution is -2.33. The van der Waals surface area contributed by atoms with Crippen LogP contribution in [0.2, 0.25) is 0 Å². The number of hydrogen-bond donors (Lipinski definition) is 0. The first kappa shape index (κ1) is 25.0. The summed E-state index contributed by atoms with van der Waals surface area (Å²) in [4.78, 5) is 0. The van der Waals surface area contributed by atoms with Crippen LogP contribution in [0, 0.1) is 0 Å². The number of fused-ring (bicyclic) bond motifs is 3. The normalized spacial score (nSPS) is 17.9. The first-order valence-electron chi connectivity index (χ1n) is 13.3. The molecule has 0 unspecified atom stereocenters. The second-order valence-corrected chi connectivity index (χ2v) is 9.56. The molecule has 0 aromatic heterocycles. The average Bonchev–Trinajstić information content (AvgIpc) is 3.40. The van der Waals surface area contributed by atoms with E-state index in [9.17, 15) is 0 Å². The van der Waals surface area contributed by atoms with Crippen LogP contribution in [0.15, 0.2) is 71.8 Å². The third-order valence-corrected chi connectivity index (χ3v) is 7.11. The summed E-state index contributed by atoms with van der Waals surface area (Å²) in [6, 6.07) is 22.4. The van der Waals surface area contributed by atoms with Gasteiger partial charge in [-0.2, -0.15) is 5.10 Å². The van der Waals surface area contributed by atoms with Gasteiger partial charge in [-0.15, -0.1) is 0 Å². The number of nitrogens with zero attached hydrogens (tertiary/aromatic N) is 2. The highest BCUT2D eigenvalue weighted by Gasteiger charge is 2.42. The molecule has 0 saturated heterocycles. The average molecular weight is 501 g/mol. The van der Waals surface area contributed by atoms with Crippen molar-refractivity contribution in [1.82, 2.24) is 5.01 Å². The number of hydrazone groups is 1. The number of para-hydroxylation sites is 1.